The molecule has 1 fully saturated rings. The minimum atomic E-state index is -0.0380. The lowest BCUT2D eigenvalue weighted by molar-refractivity contribution is 0.0744. The van der Waals surface area contributed by atoms with E-state index in [1.165, 1.54) is 0 Å². The zero-order chi connectivity index (χ0) is 16.2. The van der Waals surface area contributed by atoms with E-state index < -0.39 is 0 Å². The molecule has 0 bridgehead atoms. The van der Waals surface area contributed by atoms with Gasteiger partial charge in [0.15, 0.2) is 0 Å². The monoisotopic (exact) mass is 320 g/mol. The number of hydrogen-bond acceptors (Lipinski definition) is 4. The molecule has 1 aliphatic rings. The predicted octanol–water partition coefficient (Wildman–Crippen LogP) is 3.17. The van der Waals surface area contributed by atoms with Crippen molar-refractivity contribution in [2.75, 3.05) is 33.1 Å². The molecular formula is C17H24N2O2S. The molecule has 1 saturated heterocycles. The molecule has 1 aromatic rings. The summed E-state index contributed by atoms with van der Waals surface area (Å²) in [6.07, 6.45) is 1.80. The zero-order valence-electron chi connectivity index (χ0n) is 13.5. The molecule has 2 rings (SSSR count). The number of amides is 1. The van der Waals surface area contributed by atoms with Crippen molar-refractivity contribution in [2.45, 2.75) is 25.2 Å². The Hall–Kier alpha value is -1.33. The van der Waals surface area contributed by atoms with Gasteiger partial charge in [0.2, 0.25) is 0 Å². The fraction of sp³-hybridized carbons (Fsp3) is 0.529. The molecule has 0 saturated carbocycles. The van der Waals surface area contributed by atoms with Crippen molar-refractivity contribution in [3.05, 3.63) is 35.4 Å². The number of nitrogens with zero attached hydrogens (tertiary/aromatic N) is 1. The summed E-state index contributed by atoms with van der Waals surface area (Å²) in [5, 5.41) is 8.69. The molecule has 1 amide bonds. The average molecular weight is 320 g/mol. The van der Waals surface area contributed by atoms with Gasteiger partial charge in [0.1, 0.15) is 0 Å². The SMILES string of the molecule is COCCN(C)C(=O)c1cccc(C2(C)CCSC(=N)C2)c1. The van der Waals surface area contributed by atoms with Crippen LogP contribution in [0, 0.1) is 5.41 Å². The fourth-order valence-electron chi connectivity index (χ4n) is 2.72. The number of nitrogens with one attached hydrogen (secondary N) is 1. The molecule has 1 atom stereocenters. The summed E-state index contributed by atoms with van der Waals surface area (Å²) < 4.78 is 5.03. The molecule has 0 radical (unpaired) electrons. The lowest BCUT2D eigenvalue weighted by Crippen LogP contribution is -2.32. The van der Waals surface area contributed by atoms with Gasteiger partial charge in [-0.15, -0.1) is 11.8 Å². The number of carbonyl (C=O) groups excluding carboxylic acids is 1. The Bertz CT molecular complexity index is 561. The standard InChI is InChI=1S/C17H24N2O2S/c1-17(7-10-22-15(18)12-17)14-6-4-5-13(11-14)16(20)19(2)8-9-21-3/h4-6,11,18H,7-10,12H2,1-3H3. The first-order chi connectivity index (χ1) is 10.5. The minimum Gasteiger partial charge on any atom is -0.383 e. The van der Waals surface area contributed by atoms with Gasteiger partial charge in [-0.05, 0) is 35.3 Å². The van der Waals surface area contributed by atoms with Crippen LogP contribution < -0.4 is 0 Å². The molecule has 1 N–H and O–H groups in total. The quantitative estimate of drug-likeness (QED) is 0.906. The molecular weight excluding hydrogens is 296 g/mol. The third-order valence-electron chi connectivity index (χ3n) is 4.26. The Morgan fingerprint density at radius 2 is 2.27 bits per heavy atom. The van der Waals surface area contributed by atoms with Gasteiger partial charge in [-0.3, -0.25) is 10.2 Å². The third-order valence-corrected chi connectivity index (χ3v) is 5.17. The highest BCUT2D eigenvalue weighted by Gasteiger charge is 2.32. The van der Waals surface area contributed by atoms with E-state index in [2.05, 4.69) is 13.0 Å². The zero-order valence-corrected chi connectivity index (χ0v) is 14.3. The molecule has 22 heavy (non-hydrogen) atoms. The smallest absolute Gasteiger partial charge is 0.253 e. The summed E-state index contributed by atoms with van der Waals surface area (Å²) in [4.78, 5) is 14.2. The maximum atomic E-state index is 12.5. The number of hydrogen-bond donors (Lipinski definition) is 1. The first-order valence-electron chi connectivity index (χ1n) is 7.51. The second-order valence-electron chi connectivity index (χ2n) is 6.06. The number of benzene rings is 1. The van der Waals surface area contributed by atoms with Crippen LogP contribution >= 0.6 is 11.8 Å². The molecule has 5 heteroatoms. The van der Waals surface area contributed by atoms with Gasteiger partial charge in [-0.25, -0.2) is 0 Å². The van der Waals surface area contributed by atoms with E-state index in [1.807, 2.05) is 18.2 Å². The Kier molecular flexibility index (Phi) is 5.64. The summed E-state index contributed by atoms with van der Waals surface area (Å²) in [6, 6.07) is 7.88. The minimum absolute atomic E-state index is 0.0164. The van der Waals surface area contributed by atoms with Crippen LogP contribution in [-0.4, -0.2) is 48.9 Å². The van der Waals surface area contributed by atoms with Crippen molar-refractivity contribution in [2.24, 2.45) is 0 Å². The normalized spacial score (nSPS) is 21.7. The molecule has 0 aromatic heterocycles. The van der Waals surface area contributed by atoms with Crippen molar-refractivity contribution in [3.8, 4) is 0 Å². The van der Waals surface area contributed by atoms with Crippen LogP contribution in [0.1, 0.15) is 35.7 Å². The van der Waals surface area contributed by atoms with E-state index in [9.17, 15) is 4.79 Å². The number of methoxy groups -OCH3 is 1. The number of carbonyl (C=O) groups is 1. The lowest BCUT2D eigenvalue weighted by Gasteiger charge is -2.34. The first kappa shape index (κ1) is 17.0. The topological polar surface area (TPSA) is 53.4 Å². The van der Waals surface area contributed by atoms with Gasteiger partial charge in [-0.2, -0.15) is 0 Å². The van der Waals surface area contributed by atoms with Crippen molar-refractivity contribution in [3.63, 3.8) is 0 Å². The Morgan fingerprint density at radius 1 is 1.50 bits per heavy atom. The maximum absolute atomic E-state index is 12.5. The lowest BCUT2D eigenvalue weighted by atomic mass is 9.76. The molecule has 0 aliphatic carbocycles. The van der Waals surface area contributed by atoms with Gasteiger partial charge in [0.05, 0.1) is 11.7 Å². The summed E-state index contributed by atoms with van der Waals surface area (Å²) in [5.74, 6) is 0.990. The molecule has 1 aliphatic heterocycles. The van der Waals surface area contributed by atoms with Crippen LogP contribution in [-0.2, 0) is 10.2 Å². The van der Waals surface area contributed by atoms with E-state index in [1.54, 1.807) is 30.8 Å². The molecule has 4 nitrogen and oxygen atoms in total. The van der Waals surface area contributed by atoms with E-state index in [0.29, 0.717) is 18.7 Å². The highest BCUT2D eigenvalue weighted by Crippen LogP contribution is 2.39. The Balaban J connectivity index is 2.19. The summed E-state index contributed by atoms with van der Waals surface area (Å²) in [6.45, 7) is 3.31. The van der Waals surface area contributed by atoms with E-state index >= 15 is 0 Å². The third kappa shape index (κ3) is 3.90. The average Bonchev–Trinajstić information content (AvgIpc) is 2.51. The van der Waals surface area contributed by atoms with Gasteiger partial charge < -0.3 is 9.64 Å². The van der Waals surface area contributed by atoms with E-state index in [0.717, 1.165) is 29.2 Å². The van der Waals surface area contributed by atoms with Crippen molar-refractivity contribution < 1.29 is 9.53 Å². The Morgan fingerprint density at radius 3 is 2.95 bits per heavy atom. The fourth-order valence-corrected chi connectivity index (χ4v) is 3.94. The predicted molar refractivity (Wildman–Crippen MR) is 92.0 cm³/mol. The maximum Gasteiger partial charge on any atom is 0.253 e. The molecule has 1 aromatic carbocycles. The largest absolute Gasteiger partial charge is 0.383 e. The molecule has 0 spiro atoms. The number of thioether (sulfide) groups is 1. The summed E-state index contributed by atoms with van der Waals surface area (Å²) in [7, 11) is 3.43. The highest BCUT2D eigenvalue weighted by molar-refractivity contribution is 8.13. The second-order valence-corrected chi connectivity index (χ2v) is 7.25. The van der Waals surface area contributed by atoms with Gasteiger partial charge in [0.25, 0.3) is 5.91 Å². The van der Waals surface area contributed by atoms with Crippen LogP contribution in [0.3, 0.4) is 0 Å². The molecule has 1 unspecified atom stereocenters. The number of rotatable bonds is 5. The van der Waals surface area contributed by atoms with Crippen LogP contribution in [0.25, 0.3) is 0 Å². The van der Waals surface area contributed by atoms with Gasteiger partial charge >= 0.3 is 0 Å². The van der Waals surface area contributed by atoms with Crippen molar-refractivity contribution in [1.29, 1.82) is 5.41 Å². The van der Waals surface area contributed by atoms with Crippen LogP contribution in [0.5, 0.6) is 0 Å². The summed E-state index contributed by atoms with van der Waals surface area (Å²) >= 11 is 1.63. The second kappa shape index (κ2) is 7.29. The van der Waals surface area contributed by atoms with Crippen LogP contribution in [0.4, 0.5) is 0 Å². The Labute approximate surface area is 136 Å². The number of ether oxygens (including phenoxy) is 1. The van der Waals surface area contributed by atoms with E-state index in [4.69, 9.17) is 10.1 Å². The first-order valence-corrected chi connectivity index (χ1v) is 8.50. The highest BCUT2D eigenvalue weighted by atomic mass is 32.2. The van der Waals surface area contributed by atoms with Crippen LogP contribution in [0.2, 0.25) is 0 Å². The van der Waals surface area contributed by atoms with E-state index in [-0.39, 0.29) is 11.3 Å². The van der Waals surface area contributed by atoms with Crippen molar-refractivity contribution >= 4 is 22.7 Å². The van der Waals surface area contributed by atoms with Gasteiger partial charge in [0, 0.05) is 32.7 Å². The van der Waals surface area contributed by atoms with Crippen molar-refractivity contribution in [1.82, 2.24) is 4.90 Å². The number of likely N-dealkylation sites (N-methyl/N-ethyl adjacent to an activating group) is 1. The molecule has 120 valence electrons. The van der Waals surface area contributed by atoms with Gasteiger partial charge in [-0.1, -0.05) is 19.1 Å². The van der Waals surface area contributed by atoms with Crippen LogP contribution in [0.15, 0.2) is 24.3 Å². The molecule has 1 heterocycles. The summed E-state index contributed by atoms with van der Waals surface area (Å²) in [5.41, 5.74) is 1.83.